The highest BCUT2D eigenvalue weighted by atomic mass is 16.1. The van der Waals surface area contributed by atoms with Crippen LogP contribution in [-0.4, -0.2) is 25.1 Å². The maximum Gasteiger partial charge on any atom is 0.221 e. The summed E-state index contributed by atoms with van der Waals surface area (Å²) in [6.07, 6.45) is 0. The van der Waals surface area contributed by atoms with Gasteiger partial charge >= 0.3 is 0 Å². The molecular weight excluding hydrogens is 388 g/mol. The number of aliphatic imine (C=N–C) groups is 3. The Hall–Kier alpha value is -4.62. The van der Waals surface area contributed by atoms with E-state index in [9.17, 15) is 15.3 Å². The SMILES string of the molecule is C=N/C(C#N)=C1/C(=Nc2ccc(C)cc2NC(C)=O)/C(=C(\C#N)N=C)c2ccccc21. The Morgan fingerprint density at radius 1 is 0.968 bits per heavy atom. The van der Waals surface area contributed by atoms with E-state index >= 15 is 0 Å². The molecule has 1 N–H and O–H groups in total. The van der Waals surface area contributed by atoms with Crippen LogP contribution in [0, 0.1) is 29.6 Å². The lowest BCUT2D eigenvalue weighted by Crippen LogP contribution is -2.07. The van der Waals surface area contributed by atoms with Crippen LogP contribution in [-0.2, 0) is 4.79 Å². The Labute approximate surface area is 180 Å². The first-order valence-electron chi connectivity index (χ1n) is 9.24. The van der Waals surface area contributed by atoms with Crippen LogP contribution >= 0.6 is 0 Å². The highest BCUT2D eigenvalue weighted by Crippen LogP contribution is 2.43. The first kappa shape index (κ1) is 21.1. The van der Waals surface area contributed by atoms with E-state index in [2.05, 4.69) is 28.7 Å². The molecule has 7 heteroatoms. The largest absolute Gasteiger partial charge is 0.324 e. The minimum atomic E-state index is -0.246. The molecule has 2 aromatic carbocycles. The van der Waals surface area contributed by atoms with Crippen molar-refractivity contribution < 1.29 is 4.79 Å². The molecule has 0 fully saturated rings. The highest BCUT2D eigenvalue weighted by molar-refractivity contribution is 6.51. The second-order valence-corrected chi connectivity index (χ2v) is 6.69. The zero-order valence-corrected chi connectivity index (χ0v) is 17.1. The van der Waals surface area contributed by atoms with E-state index in [0.29, 0.717) is 39.4 Å². The number of carbonyl (C=O) groups excluding carboxylic acids is 1. The Kier molecular flexibility index (Phi) is 6.00. The van der Waals surface area contributed by atoms with Crippen molar-refractivity contribution >= 4 is 47.6 Å². The third-order valence-electron chi connectivity index (χ3n) is 4.64. The van der Waals surface area contributed by atoms with Crippen LogP contribution in [0.2, 0.25) is 0 Å². The number of allylic oxidation sites excluding steroid dienone is 4. The first-order valence-corrected chi connectivity index (χ1v) is 9.24. The van der Waals surface area contributed by atoms with Crippen molar-refractivity contribution in [3.8, 4) is 12.1 Å². The van der Waals surface area contributed by atoms with Crippen molar-refractivity contribution in [2.75, 3.05) is 5.32 Å². The minimum Gasteiger partial charge on any atom is -0.324 e. The number of nitriles is 2. The molecule has 1 aliphatic rings. The predicted molar refractivity (Wildman–Crippen MR) is 123 cm³/mol. The lowest BCUT2D eigenvalue weighted by Gasteiger charge is -2.10. The molecule has 150 valence electrons. The van der Waals surface area contributed by atoms with Gasteiger partial charge in [0.25, 0.3) is 0 Å². The van der Waals surface area contributed by atoms with E-state index in [1.54, 1.807) is 12.1 Å². The number of carbonyl (C=O) groups is 1. The van der Waals surface area contributed by atoms with Crippen molar-refractivity contribution in [2.24, 2.45) is 15.0 Å². The average molecular weight is 406 g/mol. The van der Waals surface area contributed by atoms with Gasteiger partial charge in [0.2, 0.25) is 5.91 Å². The number of amides is 1. The summed E-state index contributed by atoms with van der Waals surface area (Å²) in [5, 5.41) is 22.1. The van der Waals surface area contributed by atoms with Crippen molar-refractivity contribution in [1.82, 2.24) is 0 Å². The van der Waals surface area contributed by atoms with Crippen LogP contribution < -0.4 is 5.32 Å². The van der Waals surface area contributed by atoms with Gasteiger partial charge < -0.3 is 5.32 Å². The summed E-state index contributed by atoms with van der Waals surface area (Å²) >= 11 is 0. The molecule has 0 aliphatic heterocycles. The fourth-order valence-electron chi connectivity index (χ4n) is 3.39. The van der Waals surface area contributed by atoms with Crippen molar-refractivity contribution in [3.63, 3.8) is 0 Å². The number of aryl methyl sites for hydroxylation is 1. The topological polar surface area (TPSA) is 114 Å². The molecule has 3 rings (SSSR count). The molecule has 0 radical (unpaired) electrons. The van der Waals surface area contributed by atoms with E-state index in [0.717, 1.165) is 5.56 Å². The highest BCUT2D eigenvalue weighted by Gasteiger charge is 2.33. The van der Waals surface area contributed by atoms with Crippen LogP contribution in [0.3, 0.4) is 0 Å². The number of nitrogens with one attached hydrogen (secondary N) is 1. The van der Waals surface area contributed by atoms with E-state index in [1.807, 2.05) is 49.4 Å². The molecule has 0 saturated heterocycles. The van der Waals surface area contributed by atoms with Gasteiger partial charge in [0.15, 0.2) is 0 Å². The number of fused-ring (bicyclic) bond motifs is 1. The van der Waals surface area contributed by atoms with Gasteiger partial charge in [-0.25, -0.2) is 4.99 Å². The molecule has 1 amide bonds. The summed E-state index contributed by atoms with van der Waals surface area (Å²) in [5.41, 5.74) is 4.62. The van der Waals surface area contributed by atoms with Crippen LogP contribution in [0.1, 0.15) is 23.6 Å². The van der Waals surface area contributed by atoms with Gasteiger partial charge in [-0.3, -0.25) is 14.8 Å². The third-order valence-corrected chi connectivity index (χ3v) is 4.64. The summed E-state index contributed by atoms with van der Waals surface area (Å²) in [6, 6.07) is 16.8. The van der Waals surface area contributed by atoms with Gasteiger partial charge in [-0.2, -0.15) is 10.5 Å². The fourth-order valence-corrected chi connectivity index (χ4v) is 3.39. The Bertz CT molecular complexity index is 1230. The van der Waals surface area contributed by atoms with Gasteiger partial charge in [-0.15, -0.1) is 0 Å². The smallest absolute Gasteiger partial charge is 0.221 e. The molecule has 7 nitrogen and oxygen atoms in total. The standard InChI is InChI=1S/C24H18N6O/c1-14-9-10-18(19(11-14)29-15(2)31)30-24-22(20(12-25)27-3)16-7-5-6-8-17(16)23(24)21(13-26)28-4/h5-11H,3-4H2,1-2H3,(H,29,31)/b22-20+,23-21+. The summed E-state index contributed by atoms with van der Waals surface area (Å²) in [4.78, 5) is 24.2. The maximum atomic E-state index is 11.7. The average Bonchev–Trinajstić information content (AvgIpc) is 3.06. The Morgan fingerprint density at radius 2 is 1.52 bits per heavy atom. The molecule has 0 saturated carbocycles. The first-order chi connectivity index (χ1) is 14.9. The summed E-state index contributed by atoms with van der Waals surface area (Å²) in [5.74, 6) is -0.246. The molecule has 0 aromatic heterocycles. The molecular formula is C24H18N6O. The van der Waals surface area contributed by atoms with Crippen LogP contribution in [0.4, 0.5) is 11.4 Å². The monoisotopic (exact) mass is 406 g/mol. The normalized spacial score (nSPS) is 15.2. The fraction of sp³-hybridized carbons (Fsp3) is 0.0833. The Morgan fingerprint density at radius 3 is 1.97 bits per heavy atom. The second kappa shape index (κ2) is 8.81. The Balaban J connectivity index is 2.45. The minimum absolute atomic E-state index is 0.0655. The van der Waals surface area contributed by atoms with Gasteiger partial charge in [-0.05, 0) is 49.2 Å². The van der Waals surface area contributed by atoms with Crippen molar-refractivity contribution in [3.05, 3.63) is 70.5 Å². The number of rotatable bonds is 4. The maximum absolute atomic E-state index is 11.7. The van der Waals surface area contributed by atoms with Gasteiger partial charge in [-0.1, -0.05) is 30.3 Å². The summed E-state index contributed by atoms with van der Waals surface area (Å²) in [6.45, 7) is 10.3. The number of anilines is 1. The van der Waals surface area contributed by atoms with E-state index in [-0.39, 0.29) is 17.3 Å². The van der Waals surface area contributed by atoms with Crippen LogP contribution in [0.5, 0.6) is 0 Å². The van der Waals surface area contributed by atoms with E-state index < -0.39 is 0 Å². The number of hydrogen-bond acceptors (Lipinski definition) is 6. The van der Waals surface area contributed by atoms with Crippen molar-refractivity contribution in [2.45, 2.75) is 13.8 Å². The van der Waals surface area contributed by atoms with Crippen LogP contribution in [0.15, 0.2) is 68.8 Å². The lowest BCUT2D eigenvalue weighted by atomic mass is 10.0. The molecule has 0 spiro atoms. The lowest BCUT2D eigenvalue weighted by molar-refractivity contribution is -0.114. The molecule has 0 unspecified atom stereocenters. The molecule has 2 aromatic rings. The molecule has 0 bridgehead atoms. The number of hydrogen-bond donors (Lipinski definition) is 1. The van der Waals surface area contributed by atoms with E-state index in [1.165, 1.54) is 6.92 Å². The number of benzene rings is 2. The summed E-state index contributed by atoms with van der Waals surface area (Å²) in [7, 11) is 0. The second-order valence-electron chi connectivity index (χ2n) is 6.69. The predicted octanol–water partition coefficient (Wildman–Crippen LogP) is 4.61. The molecule has 31 heavy (non-hydrogen) atoms. The zero-order valence-electron chi connectivity index (χ0n) is 17.1. The van der Waals surface area contributed by atoms with Gasteiger partial charge in [0.1, 0.15) is 23.5 Å². The van der Waals surface area contributed by atoms with Gasteiger partial charge in [0.05, 0.1) is 17.1 Å². The number of nitrogens with zero attached hydrogens (tertiary/aromatic N) is 5. The van der Waals surface area contributed by atoms with Gasteiger partial charge in [0, 0.05) is 18.1 Å². The van der Waals surface area contributed by atoms with Crippen LogP contribution in [0.25, 0.3) is 11.1 Å². The zero-order chi connectivity index (χ0) is 22.5. The quantitative estimate of drug-likeness (QED) is 0.590. The third kappa shape index (κ3) is 3.93. The molecule has 0 heterocycles. The summed E-state index contributed by atoms with van der Waals surface area (Å²) < 4.78 is 0. The van der Waals surface area contributed by atoms with E-state index in [4.69, 9.17) is 4.99 Å². The van der Waals surface area contributed by atoms with Crippen molar-refractivity contribution in [1.29, 1.82) is 10.5 Å². The molecule has 1 aliphatic carbocycles. The molecule has 0 atom stereocenters.